The summed E-state index contributed by atoms with van der Waals surface area (Å²) >= 11 is 1.02. The van der Waals surface area contributed by atoms with Gasteiger partial charge < -0.3 is 5.73 Å². The molecule has 0 aliphatic rings. The average Bonchev–Trinajstić information content (AvgIpc) is 2.90. The van der Waals surface area contributed by atoms with Gasteiger partial charge in [0.1, 0.15) is 0 Å². The molecule has 3 N–H and O–H groups in total. The zero-order valence-electron chi connectivity index (χ0n) is 9.61. The minimum absolute atomic E-state index is 0.260. The van der Waals surface area contributed by atoms with Crippen LogP contribution in [0.2, 0.25) is 0 Å². The summed E-state index contributed by atoms with van der Waals surface area (Å²) in [6.07, 6.45) is 1.35. The third-order valence-corrected chi connectivity index (χ3v) is 2.96. The molecule has 1 heterocycles. The lowest BCUT2D eigenvalue weighted by atomic mass is 10.1. The van der Waals surface area contributed by atoms with Crippen molar-refractivity contribution in [3.8, 4) is 0 Å². The van der Waals surface area contributed by atoms with E-state index in [1.165, 1.54) is 5.56 Å². The molecule has 2 rings (SSSR count). The third kappa shape index (κ3) is 3.57. The van der Waals surface area contributed by atoms with Gasteiger partial charge >= 0.3 is 0 Å². The molecule has 6 nitrogen and oxygen atoms in total. The van der Waals surface area contributed by atoms with Crippen LogP contribution >= 0.6 is 11.5 Å². The highest BCUT2D eigenvalue weighted by molar-refractivity contribution is 7.09. The number of anilines is 1. The molecule has 18 heavy (non-hydrogen) atoms. The summed E-state index contributed by atoms with van der Waals surface area (Å²) in [5.41, 5.74) is 6.97. The predicted molar refractivity (Wildman–Crippen MR) is 69.1 cm³/mol. The number of nitrogens with zero attached hydrogens (tertiary/aromatic N) is 3. The molecule has 94 valence electrons. The smallest absolute Gasteiger partial charge is 0.243 e. The fourth-order valence-electron chi connectivity index (χ4n) is 1.48. The monoisotopic (exact) mass is 263 g/mol. The van der Waals surface area contributed by atoms with E-state index in [-0.39, 0.29) is 5.91 Å². The largest absolute Gasteiger partial charge is 0.320 e. The van der Waals surface area contributed by atoms with E-state index in [9.17, 15) is 4.79 Å². The molecule has 0 saturated carbocycles. The van der Waals surface area contributed by atoms with Crippen LogP contribution in [-0.2, 0) is 11.2 Å². The third-order valence-electron chi connectivity index (χ3n) is 2.45. The minimum atomic E-state index is -0.561. The van der Waals surface area contributed by atoms with E-state index < -0.39 is 6.04 Å². The quantitative estimate of drug-likeness (QED) is 0.833. The molecule has 7 heteroatoms. The lowest BCUT2D eigenvalue weighted by Crippen LogP contribution is -2.36. The summed E-state index contributed by atoms with van der Waals surface area (Å²) in [5.74, 6) is -0.260. The van der Waals surface area contributed by atoms with Crippen molar-refractivity contribution in [1.82, 2.24) is 14.8 Å². The minimum Gasteiger partial charge on any atom is -0.320 e. The number of benzene rings is 1. The van der Waals surface area contributed by atoms with Gasteiger partial charge in [0.2, 0.25) is 11.0 Å². The summed E-state index contributed by atoms with van der Waals surface area (Å²) in [6.45, 7) is 0. The first-order valence-corrected chi connectivity index (χ1v) is 6.28. The second kappa shape index (κ2) is 6.18. The lowest BCUT2D eigenvalue weighted by Gasteiger charge is -2.10. The van der Waals surface area contributed by atoms with Crippen molar-refractivity contribution in [2.45, 2.75) is 18.9 Å². The molecule has 1 aromatic carbocycles. The summed E-state index contributed by atoms with van der Waals surface area (Å²) in [4.78, 5) is 11.7. The van der Waals surface area contributed by atoms with E-state index in [0.717, 1.165) is 18.0 Å². The van der Waals surface area contributed by atoms with Crippen LogP contribution in [0, 0.1) is 0 Å². The van der Waals surface area contributed by atoms with Gasteiger partial charge in [0.05, 0.1) is 6.04 Å². The fraction of sp³-hybridized carbons (Fsp3) is 0.273. The van der Waals surface area contributed by atoms with Crippen LogP contribution in [0.4, 0.5) is 5.13 Å². The Bertz CT molecular complexity index is 487. The molecule has 0 saturated heterocycles. The van der Waals surface area contributed by atoms with Gasteiger partial charge in [-0.25, -0.2) is 0 Å². The van der Waals surface area contributed by atoms with E-state index in [1.807, 2.05) is 30.3 Å². The number of nitrogens with one attached hydrogen (secondary N) is 1. The van der Waals surface area contributed by atoms with Crippen LogP contribution in [0.1, 0.15) is 12.0 Å². The Morgan fingerprint density at radius 3 is 2.83 bits per heavy atom. The topological polar surface area (TPSA) is 93.8 Å². The Morgan fingerprint density at radius 2 is 2.17 bits per heavy atom. The molecule has 1 amide bonds. The van der Waals surface area contributed by atoms with Gasteiger partial charge in [-0.3, -0.25) is 10.1 Å². The average molecular weight is 263 g/mol. The molecule has 0 aliphatic carbocycles. The maximum atomic E-state index is 11.7. The van der Waals surface area contributed by atoms with Crippen LogP contribution in [0.5, 0.6) is 0 Å². The predicted octanol–water partition coefficient (Wildman–Crippen LogP) is 0.832. The number of hydrogen-bond acceptors (Lipinski definition) is 6. The summed E-state index contributed by atoms with van der Waals surface area (Å²) in [6, 6.07) is 9.35. The number of aromatic nitrogens is 3. The number of nitrogens with two attached hydrogens (primary N) is 1. The summed E-state index contributed by atoms with van der Waals surface area (Å²) in [7, 11) is 0. The van der Waals surface area contributed by atoms with E-state index in [4.69, 9.17) is 5.73 Å². The second-order valence-electron chi connectivity index (χ2n) is 3.79. The van der Waals surface area contributed by atoms with Crippen LogP contribution in [0.15, 0.2) is 30.3 Å². The Hall–Kier alpha value is -1.86. The molecule has 0 bridgehead atoms. The Labute approximate surface area is 108 Å². The highest BCUT2D eigenvalue weighted by Crippen LogP contribution is 2.08. The lowest BCUT2D eigenvalue weighted by molar-refractivity contribution is -0.117. The van der Waals surface area contributed by atoms with E-state index in [2.05, 4.69) is 20.1 Å². The maximum absolute atomic E-state index is 11.7. The number of aryl methyl sites for hydroxylation is 1. The first-order chi connectivity index (χ1) is 8.75. The van der Waals surface area contributed by atoms with Crippen LogP contribution in [-0.4, -0.2) is 26.7 Å². The summed E-state index contributed by atoms with van der Waals surface area (Å²) < 4.78 is 3.55. The molecular weight excluding hydrogens is 250 g/mol. The van der Waals surface area contributed by atoms with Crippen molar-refractivity contribution in [2.75, 3.05) is 5.32 Å². The van der Waals surface area contributed by atoms with Crippen LogP contribution in [0.25, 0.3) is 0 Å². The maximum Gasteiger partial charge on any atom is 0.243 e. The van der Waals surface area contributed by atoms with Gasteiger partial charge in [-0.1, -0.05) is 39.9 Å². The van der Waals surface area contributed by atoms with E-state index >= 15 is 0 Å². The zero-order valence-corrected chi connectivity index (χ0v) is 10.4. The highest BCUT2D eigenvalue weighted by Gasteiger charge is 2.14. The van der Waals surface area contributed by atoms with Gasteiger partial charge in [0, 0.05) is 11.5 Å². The Kier molecular flexibility index (Phi) is 4.32. The Morgan fingerprint density at radius 1 is 1.39 bits per heavy atom. The first-order valence-electron chi connectivity index (χ1n) is 5.51. The van der Waals surface area contributed by atoms with Gasteiger partial charge in [-0.15, -0.1) is 0 Å². The molecule has 0 aliphatic heterocycles. The van der Waals surface area contributed by atoms with Gasteiger partial charge in [-0.2, -0.15) is 0 Å². The first kappa shape index (κ1) is 12.6. The number of carbonyl (C=O) groups excluding carboxylic acids is 1. The van der Waals surface area contributed by atoms with Crippen molar-refractivity contribution < 1.29 is 4.79 Å². The molecule has 2 aromatic rings. The van der Waals surface area contributed by atoms with Crippen LogP contribution < -0.4 is 11.1 Å². The molecule has 0 spiro atoms. The summed E-state index contributed by atoms with van der Waals surface area (Å²) in [5, 5.41) is 9.96. The molecule has 1 aromatic heterocycles. The van der Waals surface area contributed by atoms with Crippen molar-refractivity contribution in [3.63, 3.8) is 0 Å². The number of rotatable bonds is 5. The van der Waals surface area contributed by atoms with Crippen molar-refractivity contribution >= 4 is 22.6 Å². The fourth-order valence-corrected chi connectivity index (χ4v) is 1.85. The Balaban J connectivity index is 1.81. The van der Waals surface area contributed by atoms with Gasteiger partial charge in [0.15, 0.2) is 0 Å². The number of hydrogen-bond donors (Lipinski definition) is 2. The number of carbonyl (C=O) groups is 1. The van der Waals surface area contributed by atoms with Gasteiger partial charge in [-0.05, 0) is 23.6 Å². The molecule has 0 fully saturated rings. The number of amides is 1. The molecular formula is C11H13N5OS. The second-order valence-corrected chi connectivity index (χ2v) is 4.52. The van der Waals surface area contributed by atoms with Crippen molar-refractivity contribution in [3.05, 3.63) is 35.9 Å². The zero-order chi connectivity index (χ0) is 12.8. The normalized spacial score (nSPS) is 12.1. The molecule has 0 radical (unpaired) electrons. The van der Waals surface area contributed by atoms with E-state index in [1.54, 1.807) is 0 Å². The van der Waals surface area contributed by atoms with Crippen molar-refractivity contribution in [2.24, 2.45) is 5.73 Å². The van der Waals surface area contributed by atoms with Gasteiger partial charge in [0.25, 0.3) is 0 Å². The SMILES string of the molecule is N[C@@H](CCc1ccccc1)C(=O)Nc1nnns1. The van der Waals surface area contributed by atoms with Crippen molar-refractivity contribution in [1.29, 1.82) is 0 Å². The van der Waals surface area contributed by atoms with Crippen LogP contribution in [0.3, 0.4) is 0 Å². The standard InChI is InChI=1S/C11H13N5OS/c12-9(7-6-8-4-2-1-3-5-8)10(17)13-11-14-15-16-18-11/h1-5,9H,6-7,12H2,(H,13,14,16,17)/t9-/m0/s1. The molecule has 0 unspecified atom stereocenters. The molecule has 1 atom stereocenters. The van der Waals surface area contributed by atoms with E-state index in [0.29, 0.717) is 11.6 Å². The highest BCUT2D eigenvalue weighted by atomic mass is 32.1.